The number of nitrogens with zero attached hydrogens (tertiary/aromatic N) is 1. The van der Waals surface area contributed by atoms with Gasteiger partial charge < -0.3 is 9.84 Å². The molecule has 0 aliphatic carbocycles. The van der Waals surface area contributed by atoms with Crippen molar-refractivity contribution < 1.29 is 14.6 Å². The van der Waals surface area contributed by atoms with E-state index in [1.165, 1.54) is 11.3 Å². The van der Waals surface area contributed by atoms with E-state index in [4.69, 9.17) is 5.26 Å². The normalized spacial score (nSPS) is 11.9. The number of carbonyl (C=O) groups excluding carboxylic acids is 1. The maximum absolute atomic E-state index is 11.2. The summed E-state index contributed by atoms with van der Waals surface area (Å²) in [7, 11) is 0. The Labute approximate surface area is 91.7 Å². The van der Waals surface area contributed by atoms with Gasteiger partial charge in [0.25, 0.3) is 0 Å². The van der Waals surface area contributed by atoms with E-state index in [2.05, 4.69) is 4.74 Å². The molecule has 0 aliphatic heterocycles. The van der Waals surface area contributed by atoms with Gasteiger partial charge in [-0.2, -0.15) is 5.26 Å². The first-order valence-electron chi connectivity index (χ1n) is 4.45. The molecule has 15 heavy (non-hydrogen) atoms. The molecule has 1 atom stereocenters. The number of carbonyl (C=O) groups is 1. The van der Waals surface area contributed by atoms with E-state index in [0.717, 1.165) is 4.88 Å². The molecule has 1 heterocycles. The Morgan fingerprint density at radius 3 is 3.00 bits per heavy atom. The van der Waals surface area contributed by atoms with Gasteiger partial charge in [-0.3, -0.25) is 0 Å². The zero-order chi connectivity index (χ0) is 11.4. The van der Waals surface area contributed by atoms with Gasteiger partial charge in [0.2, 0.25) is 0 Å². The van der Waals surface area contributed by atoms with Crippen LogP contribution in [0.15, 0.2) is 6.07 Å². The summed E-state index contributed by atoms with van der Waals surface area (Å²) < 4.78 is 4.67. The van der Waals surface area contributed by atoms with Gasteiger partial charge in [0.15, 0.2) is 6.10 Å². The van der Waals surface area contributed by atoms with E-state index in [1.54, 1.807) is 13.0 Å². The number of hydrogen-bond acceptors (Lipinski definition) is 5. The number of thiophene rings is 1. The van der Waals surface area contributed by atoms with Crippen molar-refractivity contribution in [2.24, 2.45) is 0 Å². The lowest BCUT2D eigenvalue weighted by molar-refractivity contribution is -0.153. The minimum absolute atomic E-state index is 0.209. The molecule has 0 radical (unpaired) electrons. The molecule has 0 amide bonds. The van der Waals surface area contributed by atoms with Crippen molar-refractivity contribution in [2.45, 2.75) is 20.0 Å². The number of hydrogen-bond donors (Lipinski definition) is 1. The molecular formula is C10H11NO3S. The number of aliphatic hydroxyl groups is 1. The lowest BCUT2D eigenvalue weighted by Crippen LogP contribution is -2.15. The molecule has 1 unspecified atom stereocenters. The van der Waals surface area contributed by atoms with Gasteiger partial charge in [-0.15, -0.1) is 11.3 Å². The number of rotatable bonds is 3. The first-order valence-corrected chi connectivity index (χ1v) is 5.27. The van der Waals surface area contributed by atoms with Crippen LogP contribution in [-0.4, -0.2) is 17.7 Å². The Balaban J connectivity index is 2.95. The molecule has 80 valence electrons. The molecule has 1 rings (SSSR count). The van der Waals surface area contributed by atoms with Gasteiger partial charge in [-0.05, 0) is 19.9 Å². The number of aryl methyl sites for hydroxylation is 1. The van der Waals surface area contributed by atoms with Gasteiger partial charge in [0.1, 0.15) is 10.9 Å². The van der Waals surface area contributed by atoms with Crippen molar-refractivity contribution in [3.05, 3.63) is 21.4 Å². The minimum atomic E-state index is -1.36. The number of ether oxygens (including phenoxy) is 1. The van der Waals surface area contributed by atoms with Crippen LogP contribution in [0.3, 0.4) is 0 Å². The van der Waals surface area contributed by atoms with Crippen LogP contribution in [0.4, 0.5) is 0 Å². The van der Waals surface area contributed by atoms with Gasteiger partial charge in [0.05, 0.1) is 6.61 Å². The molecule has 0 aliphatic rings. The van der Waals surface area contributed by atoms with Crippen molar-refractivity contribution in [3.63, 3.8) is 0 Å². The molecule has 0 spiro atoms. The van der Waals surface area contributed by atoms with Crippen LogP contribution in [0.5, 0.6) is 0 Å². The summed E-state index contributed by atoms with van der Waals surface area (Å²) in [5, 5.41) is 18.4. The summed E-state index contributed by atoms with van der Waals surface area (Å²) in [6.07, 6.45) is -1.36. The summed E-state index contributed by atoms with van der Waals surface area (Å²) in [6, 6.07) is 3.57. The molecule has 0 saturated heterocycles. The van der Waals surface area contributed by atoms with E-state index in [0.29, 0.717) is 10.4 Å². The van der Waals surface area contributed by atoms with E-state index >= 15 is 0 Å². The van der Waals surface area contributed by atoms with E-state index in [9.17, 15) is 9.90 Å². The topological polar surface area (TPSA) is 70.3 Å². The van der Waals surface area contributed by atoms with Gasteiger partial charge in [-0.1, -0.05) is 0 Å². The van der Waals surface area contributed by atoms with E-state index in [1.807, 2.05) is 13.0 Å². The van der Waals surface area contributed by atoms with Crippen LogP contribution in [0.2, 0.25) is 0 Å². The summed E-state index contributed by atoms with van der Waals surface area (Å²) in [4.78, 5) is 12.5. The molecule has 0 saturated carbocycles. The van der Waals surface area contributed by atoms with Gasteiger partial charge >= 0.3 is 5.97 Å². The van der Waals surface area contributed by atoms with Crippen molar-refractivity contribution in [3.8, 4) is 6.07 Å². The molecule has 1 aromatic rings. The molecule has 1 aromatic heterocycles. The van der Waals surface area contributed by atoms with Crippen LogP contribution >= 0.6 is 11.3 Å². The second-order valence-electron chi connectivity index (χ2n) is 2.91. The van der Waals surface area contributed by atoms with E-state index in [-0.39, 0.29) is 6.61 Å². The van der Waals surface area contributed by atoms with Crippen molar-refractivity contribution >= 4 is 17.3 Å². The third kappa shape index (κ3) is 2.55. The fourth-order valence-electron chi connectivity index (χ4n) is 1.17. The van der Waals surface area contributed by atoms with Gasteiger partial charge in [0, 0.05) is 10.4 Å². The predicted octanol–water partition coefficient (Wildman–Crippen LogP) is 1.52. The van der Waals surface area contributed by atoms with Crippen molar-refractivity contribution in [1.29, 1.82) is 5.26 Å². The highest BCUT2D eigenvalue weighted by Gasteiger charge is 2.23. The zero-order valence-corrected chi connectivity index (χ0v) is 9.30. The van der Waals surface area contributed by atoms with Crippen molar-refractivity contribution in [1.82, 2.24) is 0 Å². The summed E-state index contributed by atoms with van der Waals surface area (Å²) in [5.74, 6) is -0.716. The maximum Gasteiger partial charge on any atom is 0.339 e. The average molecular weight is 225 g/mol. The number of nitriles is 1. The standard InChI is InChI=1S/C10H11NO3S/c1-3-14-10(13)9(12)7-4-6(2)15-8(7)5-11/h4,9,12H,3H2,1-2H3. The van der Waals surface area contributed by atoms with Crippen LogP contribution in [0, 0.1) is 18.3 Å². The molecule has 0 fully saturated rings. The summed E-state index contributed by atoms with van der Waals surface area (Å²) in [5.41, 5.74) is 0.332. The predicted molar refractivity (Wildman–Crippen MR) is 55.4 cm³/mol. The molecular weight excluding hydrogens is 214 g/mol. The SMILES string of the molecule is CCOC(=O)C(O)c1cc(C)sc1C#N. The quantitative estimate of drug-likeness (QED) is 0.792. The third-order valence-electron chi connectivity index (χ3n) is 1.79. The molecule has 4 nitrogen and oxygen atoms in total. The largest absolute Gasteiger partial charge is 0.464 e. The van der Waals surface area contributed by atoms with Gasteiger partial charge in [-0.25, -0.2) is 4.79 Å². The fourth-order valence-corrected chi connectivity index (χ4v) is 2.01. The van der Waals surface area contributed by atoms with Crippen LogP contribution in [0.1, 0.15) is 28.3 Å². The second kappa shape index (κ2) is 4.91. The Kier molecular flexibility index (Phi) is 3.83. The second-order valence-corrected chi connectivity index (χ2v) is 4.16. The number of esters is 1. The molecule has 5 heteroatoms. The lowest BCUT2D eigenvalue weighted by Gasteiger charge is -2.07. The van der Waals surface area contributed by atoms with Crippen molar-refractivity contribution in [2.75, 3.05) is 6.61 Å². The van der Waals surface area contributed by atoms with Crippen LogP contribution in [-0.2, 0) is 9.53 Å². The first-order chi connectivity index (χ1) is 7.10. The monoisotopic (exact) mass is 225 g/mol. The van der Waals surface area contributed by atoms with Crippen LogP contribution < -0.4 is 0 Å². The van der Waals surface area contributed by atoms with E-state index < -0.39 is 12.1 Å². The molecule has 0 bridgehead atoms. The number of aliphatic hydroxyl groups excluding tert-OH is 1. The molecule has 1 N–H and O–H groups in total. The first kappa shape index (κ1) is 11.7. The third-order valence-corrected chi connectivity index (χ3v) is 2.76. The highest BCUT2D eigenvalue weighted by Crippen LogP contribution is 2.27. The Morgan fingerprint density at radius 1 is 1.80 bits per heavy atom. The zero-order valence-electron chi connectivity index (χ0n) is 8.48. The smallest absolute Gasteiger partial charge is 0.339 e. The summed E-state index contributed by atoms with van der Waals surface area (Å²) in [6.45, 7) is 3.68. The molecule has 0 aromatic carbocycles. The Morgan fingerprint density at radius 2 is 2.47 bits per heavy atom. The maximum atomic E-state index is 11.2. The summed E-state index contributed by atoms with van der Waals surface area (Å²) >= 11 is 1.25. The Hall–Kier alpha value is -1.38. The average Bonchev–Trinajstić information content (AvgIpc) is 2.58. The highest BCUT2D eigenvalue weighted by molar-refractivity contribution is 7.12. The minimum Gasteiger partial charge on any atom is -0.464 e. The lowest BCUT2D eigenvalue weighted by atomic mass is 10.1. The fraction of sp³-hybridized carbons (Fsp3) is 0.400. The van der Waals surface area contributed by atoms with Crippen LogP contribution in [0.25, 0.3) is 0 Å². The highest BCUT2D eigenvalue weighted by atomic mass is 32.1. The Bertz CT molecular complexity index is 405.